The van der Waals surface area contributed by atoms with Gasteiger partial charge < -0.3 is 21.4 Å². The molecule has 0 bridgehead atoms. The van der Waals surface area contributed by atoms with Crippen LogP contribution in [-0.2, 0) is 6.54 Å². The number of hydrogen-bond donors (Lipinski definition) is 3. The van der Waals surface area contributed by atoms with E-state index < -0.39 is 0 Å². The fraction of sp³-hybridized carbons (Fsp3) is 0.308. The van der Waals surface area contributed by atoms with E-state index in [2.05, 4.69) is 23.4 Å². The van der Waals surface area contributed by atoms with E-state index in [0.29, 0.717) is 12.6 Å². The van der Waals surface area contributed by atoms with Gasteiger partial charge in [-0.05, 0) is 11.4 Å². The van der Waals surface area contributed by atoms with Gasteiger partial charge in [0, 0.05) is 47.7 Å². The number of hydrogen-bond acceptors (Lipinski definition) is 5. The second kappa shape index (κ2) is 5.37. The Bertz CT molecular complexity index is 477. The van der Waals surface area contributed by atoms with Crippen LogP contribution in [0.3, 0.4) is 0 Å². The van der Waals surface area contributed by atoms with Crippen LogP contribution >= 0.6 is 11.3 Å². The number of nitrogens with two attached hydrogens (primary N) is 1. The predicted molar refractivity (Wildman–Crippen MR) is 76.9 cm³/mol. The summed E-state index contributed by atoms with van der Waals surface area (Å²) >= 11 is 1.65. The molecule has 1 aliphatic heterocycles. The monoisotopic (exact) mass is 262 g/mol. The highest BCUT2D eigenvalue weighted by Crippen LogP contribution is 2.27. The van der Waals surface area contributed by atoms with Gasteiger partial charge in [0.1, 0.15) is 0 Å². The highest BCUT2D eigenvalue weighted by molar-refractivity contribution is 7.10. The van der Waals surface area contributed by atoms with Crippen molar-refractivity contribution in [3.05, 3.63) is 46.4 Å². The van der Waals surface area contributed by atoms with Crippen LogP contribution < -0.4 is 11.1 Å². The third-order valence-corrected chi connectivity index (χ3v) is 3.94. The molecule has 1 unspecified atom stereocenters. The molecule has 4 N–H and O–H groups in total. The maximum absolute atomic E-state index is 7.16. The van der Waals surface area contributed by atoms with Crippen molar-refractivity contribution >= 4 is 17.6 Å². The lowest BCUT2D eigenvalue weighted by Gasteiger charge is -2.10. The minimum absolute atomic E-state index is 0.336. The van der Waals surface area contributed by atoms with Crippen molar-refractivity contribution in [3.8, 4) is 0 Å². The highest BCUT2D eigenvalue weighted by Gasteiger charge is 2.36. The smallest absolute Gasteiger partial charge is 0.0855 e. The molecule has 0 spiro atoms. The molecule has 2 heterocycles. The van der Waals surface area contributed by atoms with Crippen LogP contribution in [0.5, 0.6) is 0 Å². The van der Waals surface area contributed by atoms with Crippen LogP contribution in [0, 0.1) is 5.41 Å². The topological polar surface area (TPSA) is 64.9 Å². The van der Waals surface area contributed by atoms with Crippen molar-refractivity contribution in [3.63, 3.8) is 0 Å². The Balaban J connectivity index is 1.79. The van der Waals surface area contributed by atoms with Gasteiger partial charge in [0.2, 0.25) is 0 Å². The Morgan fingerprint density at radius 2 is 2.44 bits per heavy atom. The fourth-order valence-electron chi connectivity index (χ4n) is 1.79. The molecule has 96 valence electrons. The van der Waals surface area contributed by atoms with Crippen LogP contribution in [0.1, 0.15) is 10.4 Å². The van der Waals surface area contributed by atoms with Gasteiger partial charge in [-0.25, -0.2) is 0 Å². The molecular weight excluding hydrogens is 244 g/mol. The Hall–Kier alpha value is -1.59. The van der Waals surface area contributed by atoms with E-state index in [1.54, 1.807) is 11.3 Å². The molecule has 0 saturated carbocycles. The zero-order chi connectivity index (χ0) is 13.1. The Morgan fingerprint density at radius 3 is 3.06 bits per heavy atom. The summed E-state index contributed by atoms with van der Waals surface area (Å²) in [5.74, 6) is 0. The molecule has 18 heavy (non-hydrogen) atoms. The standard InChI is InChI=1S/C13H18N4S/c1-9(4-14)17-7-13(17)10(2)16-6-12-3-11(5-15)8-18-12/h3,5,8,13,15-16H,1-2,4,6-7,14H2. The van der Waals surface area contributed by atoms with E-state index in [0.717, 1.165) is 30.0 Å². The van der Waals surface area contributed by atoms with Crippen LogP contribution in [0.2, 0.25) is 0 Å². The van der Waals surface area contributed by atoms with Crippen molar-refractivity contribution in [1.29, 1.82) is 5.41 Å². The molecule has 1 aliphatic rings. The molecule has 4 nitrogen and oxygen atoms in total. The molecule has 1 atom stereocenters. The van der Waals surface area contributed by atoms with Crippen LogP contribution in [0.4, 0.5) is 0 Å². The summed E-state index contributed by atoms with van der Waals surface area (Å²) in [6.07, 6.45) is 1.36. The third-order valence-electron chi connectivity index (χ3n) is 2.99. The zero-order valence-electron chi connectivity index (χ0n) is 10.3. The van der Waals surface area contributed by atoms with E-state index in [1.807, 2.05) is 11.4 Å². The van der Waals surface area contributed by atoms with E-state index in [1.165, 1.54) is 11.1 Å². The summed E-state index contributed by atoms with van der Waals surface area (Å²) in [7, 11) is 0. The lowest BCUT2D eigenvalue weighted by molar-refractivity contribution is 0.614. The van der Waals surface area contributed by atoms with Gasteiger partial charge in [0.15, 0.2) is 0 Å². The molecule has 1 saturated heterocycles. The lowest BCUT2D eigenvalue weighted by Crippen LogP contribution is -2.19. The second-order valence-corrected chi connectivity index (χ2v) is 5.30. The third kappa shape index (κ3) is 2.80. The van der Waals surface area contributed by atoms with Crippen molar-refractivity contribution in [2.24, 2.45) is 5.73 Å². The first kappa shape index (κ1) is 12.9. The Labute approximate surface area is 111 Å². The molecular formula is C13H18N4S. The van der Waals surface area contributed by atoms with Crippen LogP contribution in [-0.4, -0.2) is 30.2 Å². The number of rotatable bonds is 7. The SMILES string of the molecule is C=C(NCc1cc(C=N)cs1)C1CN1C(=C)CN. The molecule has 1 aromatic rings. The van der Waals surface area contributed by atoms with Crippen LogP contribution in [0.15, 0.2) is 36.0 Å². The molecule has 1 fully saturated rings. The summed E-state index contributed by atoms with van der Waals surface area (Å²) in [5.41, 5.74) is 8.47. The minimum Gasteiger partial charge on any atom is -0.382 e. The maximum Gasteiger partial charge on any atom is 0.0855 e. The van der Waals surface area contributed by atoms with Gasteiger partial charge in [-0.3, -0.25) is 0 Å². The highest BCUT2D eigenvalue weighted by atomic mass is 32.1. The van der Waals surface area contributed by atoms with Crippen molar-refractivity contribution < 1.29 is 0 Å². The van der Waals surface area contributed by atoms with Gasteiger partial charge >= 0.3 is 0 Å². The quantitative estimate of drug-likeness (QED) is 0.515. The lowest BCUT2D eigenvalue weighted by atomic mass is 10.3. The number of nitrogens with one attached hydrogen (secondary N) is 2. The van der Waals surface area contributed by atoms with Crippen LogP contribution in [0.25, 0.3) is 0 Å². The molecule has 0 radical (unpaired) electrons. The van der Waals surface area contributed by atoms with E-state index in [4.69, 9.17) is 11.1 Å². The van der Waals surface area contributed by atoms with Gasteiger partial charge in [0.25, 0.3) is 0 Å². The van der Waals surface area contributed by atoms with Gasteiger partial charge in [-0.15, -0.1) is 11.3 Å². The number of nitrogens with zero attached hydrogens (tertiary/aromatic N) is 1. The Kier molecular flexibility index (Phi) is 3.84. The average Bonchev–Trinajstić information content (AvgIpc) is 3.06. The maximum atomic E-state index is 7.16. The number of thiophene rings is 1. The summed E-state index contributed by atoms with van der Waals surface area (Å²) in [6.45, 7) is 10.2. The fourth-order valence-corrected chi connectivity index (χ4v) is 2.57. The molecule has 2 rings (SSSR count). The molecule has 0 amide bonds. The summed E-state index contributed by atoms with van der Waals surface area (Å²) < 4.78 is 0. The zero-order valence-corrected chi connectivity index (χ0v) is 11.1. The molecule has 5 heteroatoms. The van der Waals surface area contributed by atoms with Crippen molar-refractivity contribution in [2.75, 3.05) is 13.1 Å². The first-order valence-corrected chi connectivity index (χ1v) is 6.68. The first-order valence-electron chi connectivity index (χ1n) is 5.80. The predicted octanol–water partition coefficient (Wildman–Crippen LogP) is 1.51. The van der Waals surface area contributed by atoms with Crippen molar-refractivity contribution in [2.45, 2.75) is 12.6 Å². The second-order valence-electron chi connectivity index (χ2n) is 4.31. The molecule has 0 aliphatic carbocycles. The summed E-state index contributed by atoms with van der Waals surface area (Å²) in [6, 6.07) is 2.35. The largest absolute Gasteiger partial charge is 0.382 e. The van der Waals surface area contributed by atoms with E-state index in [9.17, 15) is 0 Å². The summed E-state index contributed by atoms with van der Waals surface area (Å²) in [4.78, 5) is 3.35. The Morgan fingerprint density at radius 1 is 1.67 bits per heavy atom. The molecule has 0 aromatic carbocycles. The van der Waals surface area contributed by atoms with Crippen molar-refractivity contribution in [1.82, 2.24) is 10.2 Å². The first-order chi connectivity index (χ1) is 8.65. The van der Waals surface area contributed by atoms with Gasteiger partial charge in [-0.1, -0.05) is 13.2 Å². The average molecular weight is 262 g/mol. The van der Waals surface area contributed by atoms with E-state index in [-0.39, 0.29) is 0 Å². The minimum atomic E-state index is 0.336. The summed E-state index contributed by atoms with van der Waals surface area (Å²) in [5, 5.41) is 12.5. The van der Waals surface area contributed by atoms with Gasteiger partial charge in [-0.2, -0.15) is 0 Å². The van der Waals surface area contributed by atoms with E-state index >= 15 is 0 Å². The molecule has 1 aromatic heterocycles. The normalized spacial score (nSPS) is 17.4. The van der Waals surface area contributed by atoms with Gasteiger partial charge in [0.05, 0.1) is 6.04 Å².